The maximum atomic E-state index is 12.9. The molecule has 1 aliphatic heterocycles. The van der Waals surface area contributed by atoms with Crippen LogP contribution in [0.4, 0.5) is 0 Å². The number of aliphatic hydroxyl groups excluding tert-OH is 1. The van der Waals surface area contributed by atoms with Crippen molar-refractivity contribution in [3.63, 3.8) is 0 Å². The van der Waals surface area contributed by atoms with Crippen LogP contribution in [0.15, 0.2) is 41.4 Å². The molecule has 1 heterocycles. The average Bonchev–Trinajstić information content (AvgIpc) is 2.87. The number of benzene rings is 2. The number of carbonyl (C=O) groups excluding carboxylic acids is 3. The predicted octanol–water partition coefficient (Wildman–Crippen LogP) is 2.60. The van der Waals surface area contributed by atoms with Crippen molar-refractivity contribution in [2.75, 3.05) is 26.2 Å². The standard InChI is InChI=1S/C29H36ClN3O7/c1-4-40-27(37)12-19(18-8-21(29(2,3)39)13-22(30)9-18)10-24(35)14-33-28(38)20-5-17(6-23(34)11-20)7-26-31-15-25(36)16-32-26/h5-6,8-9,11,13,19,25,34,36,39H,4,7,10,12,14-16H2,1-3H3,(H,31,32)(H,33,38)/t19-/m0/s1. The third-order valence-corrected chi connectivity index (χ3v) is 6.60. The molecule has 10 nitrogen and oxygen atoms in total. The van der Waals surface area contributed by atoms with E-state index in [1.54, 1.807) is 45.0 Å². The van der Waals surface area contributed by atoms with Crippen LogP contribution in [0.25, 0.3) is 0 Å². The summed E-state index contributed by atoms with van der Waals surface area (Å²) in [4.78, 5) is 42.3. The molecule has 0 saturated heterocycles. The van der Waals surface area contributed by atoms with Crippen molar-refractivity contribution in [2.45, 2.75) is 57.7 Å². The van der Waals surface area contributed by atoms with Gasteiger partial charge in [0.05, 0.1) is 37.8 Å². The maximum absolute atomic E-state index is 12.9. The number of hydrogen-bond donors (Lipinski definition) is 5. The molecule has 216 valence electrons. The quantitative estimate of drug-likeness (QED) is 0.242. The summed E-state index contributed by atoms with van der Waals surface area (Å²) < 4.78 is 5.09. The van der Waals surface area contributed by atoms with Crippen LogP contribution in [0.3, 0.4) is 0 Å². The number of carbonyl (C=O) groups is 3. The summed E-state index contributed by atoms with van der Waals surface area (Å²) >= 11 is 6.29. The van der Waals surface area contributed by atoms with Gasteiger partial charge in [-0.2, -0.15) is 0 Å². The number of nitrogens with one attached hydrogen (secondary N) is 2. The summed E-state index contributed by atoms with van der Waals surface area (Å²) in [5.74, 6) is -1.41. The topological polar surface area (TPSA) is 158 Å². The summed E-state index contributed by atoms with van der Waals surface area (Å²) in [6, 6.07) is 9.40. The van der Waals surface area contributed by atoms with E-state index >= 15 is 0 Å². The molecule has 2 aromatic carbocycles. The molecule has 2 atom stereocenters. The van der Waals surface area contributed by atoms with E-state index in [4.69, 9.17) is 16.3 Å². The number of aromatic hydroxyl groups is 1. The molecule has 0 saturated carbocycles. The molecule has 0 fully saturated rings. The van der Waals surface area contributed by atoms with Crippen LogP contribution >= 0.6 is 11.6 Å². The number of amides is 1. The molecule has 0 bridgehead atoms. The normalized spacial score (nSPS) is 15.9. The smallest absolute Gasteiger partial charge is 0.306 e. The number of ether oxygens (including phenoxy) is 1. The summed E-state index contributed by atoms with van der Waals surface area (Å²) in [7, 11) is 0. The molecule has 3 rings (SSSR count). The molecule has 1 unspecified atom stereocenters. The highest BCUT2D eigenvalue weighted by Crippen LogP contribution is 2.32. The average molecular weight is 574 g/mol. The van der Waals surface area contributed by atoms with Gasteiger partial charge in [0.1, 0.15) is 11.6 Å². The Morgan fingerprint density at radius 2 is 1.93 bits per heavy atom. The van der Waals surface area contributed by atoms with Crippen LogP contribution in [0.1, 0.15) is 66.6 Å². The van der Waals surface area contributed by atoms with Gasteiger partial charge in [-0.3, -0.25) is 19.4 Å². The molecule has 0 aliphatic carbocycles. The van der Waals surface area contributed by atoms with Gasteiger partial charge < -0.3 is 30.7 Å². The molecular weight excluding hydrogens is 538 g/mol. The number of esters is 1. The van der Waals surface area contributed by atoms with Crippen molar-refractivity contribution in [2.24, 2.45) is 4.99 Å². The number of hydrogen-bond acceptors (Lipinski definition) is 9. The van der Waals surface area contributed by atoms with Gasteiger partial charge in [-0.25, -0.2) is 0 Å². The number of halogens is 1. The van der Waals surface area contributed by atoms with Gasteiger partial charge in [0.25, 0.3) is 5.91 Å². The third kappa shape index (κ3) is 9.32. The Balaban J connectivity index is 1.70. The zero-order valence-electron chi connectivity index (χ0n) is 22.9. The molecule has 11 heteroatoms. The molecule has 1 amide bonds. The molecular formula is C29H36ClN3O7. The van der Waals surface area contributed by atoms with Crippen molar-refractivity contribution < 1.29 is 34.4 Å². The summed E-state index contributed by atoms with van der Waals surface area (Å²) in [6.45, 7) is 5.46. The number of Topliss-reactive ketones (excluding diaryl/α,β-unsaturated/α-hetero) is 1. The first kappa shape index (κ1) is 31.1. The number of amidine groups is 1. The Hall–Kier alpha value is -3.47. The number of nitrogens with zero attached hydrogens (tertiary/aromatic N) is 1. The fourth-order valence-corrected chi connectivity index (χ4v) is 4.59. The van der Waals surface area contributed by atoms with Crippen molar-refractivity contribution in [1.29, 1.82) is 0 Å². The van der Waals surface area contributed by atoms with E-state index < -0.39 is 29.5 Å². The van der Waals surface area contributed by atoms with Gasteiger partial charge in [0, 0.05) is 35.9 Å². The van der Waals surface area contributed by atoms with Crippen LogP contribution in [-0.4, -0.2) is 71.2 Å². The first-order valence-corrected chi connectivity index (χ1v) is 13.5. The van der Waals surface area contributed by atoms with Gasteiger partial charge in [-0.1, -0.05) is 17.7 Å². The van der Waals surface area contributed by atoms with Crippen molar-refractivity contribution >= 4 is 35.1 Å². The molecule has 2 aromatic rings. The Morgan fingerprint density at radius 1 is 1.18 bits per heavy atom. The van der Waals surface area contributed by atoms with Crippen LogP contribution < -0.4 is 10.6 Å². The lowest BCUT2D eigenvalue weighted by Crippen LogP contribution is -2.39. The Bertz CT molecular complexity index is 1270. The van der Waals surface area contributed by atoms with Crippen molar-refractivity contribution in [3.05, 3.63) is 63.7 Å². The lowest BCUT2D eigenvalue weighted by molar-refractivity contribution is -0.143. The van der Waals surface area contributed by atoms with E-state index in [-0.39, 0.29) is 49.6 Å². The second-order valence-corrected chi connectivity index (χ2v) is 10.8. The minimum atomic E-state index is -1.19. The number of rotatable bonds is 12. The van der Waals surface area contributed by atoms with Crippen molar-refractivity contribution in [1.82, 2.24) is 10.6 Å². The van der Waals surface area contributed by atoms with E-state index in [9.17, 15) is 29.7 Å². The second kappa shape index (κ2) is 13.7. The van der Waals surface area contributed by atoms with E-state index in [0.717, 1.165) is 0 Å². The number of phenols is 1. The first-order chi connectivity index (χ1) is 18.8. The molecule has 0 radical (unpaired) electrons. The summed E-state index contributed by atoms with van der Waals surface area (Å²) in [5, 5.41) is 36.1. The highest BCUT2D eigenvalue weighted by Gasteiger charge is 2.25. The Labute approximate surface area is 238 Å². The van der Waals surface area contributed by atoms with Gasteiger partial charge >= 0.3 is 5.97 Å². The number of aliphatic imine (C=N–C) groups is 1. The van der Waals surface area contributed by atoms with E-state index in [1.807, 2.05) is 0 Å². The summed E-state index contributed by atoms with van der Waals surface area (Å²) in [6.07, 6.45) is -0.370. The number of aliphatic hydroxyl groups is 2. The van der Waals surface area contributed by atoms with Gasteiger partial charge in [0.15, 0.2) is 5.78 Å². The number of ketones is 1. The molecule has 5 N–H and O–H groups in total. The largest absolute Gasteiger partial charge is 0.508 e. The van der Waals surface area contributed by atoms with Crippen LogP contribution in [0.5, 0.6) is 5.75 Å². The maximum Gasteiger partial charge on any atom is 0.306 e. The fraction of sp³-hybridized carbons (Fsp3) is 0.448. The highest BCUT2D eigenvalue weighted by atomic mass is 35.5. The molecule has 40 heavy (non-hydrogen) atoms. The van der Waals surface area contributed by atoms with Crippen LogP contribution in [-0.2, 0) is 26.3 Å². The van der Waals surface area contributed by atoms with Gasteiger partial charge in [-0.05, 0) is 67.8 Å². The molecule has 1 aliphatic rings. The zero-order valence-corrected chi connectivity index (χ0v) is 23.6. The van der Waals surface area contributed by atoms with E-state index in [1.165, 1.54) is 12.1 Å². The SMILES string of the molecule is CCOC(=O)C[C@H](CC(=O)CNC(=O)c1cc(O)cc(CC2=NCC(O)CN2)c1)c1cc(Cl)cc(C(C)(C)O)c1. The fourth-order valence-electron chi connectivity index (χ4n) is 4.35. The van der Waals surface area contributed by atoms with Gasteiger partial charge in [-0.15, -0.1) is 0 Å². The van der Waals surface area contributed by atoms with Crippen LogP contribution in [0, 0.1) is 0 Å². The first-order valence-electron chi connectivity index (χ1n) is 13.1. The number of β-amino-alcohol motifs (C(OH)–C–C–N with tert-alkyl or cyclic N) is 1. The van der Waals surface area contributed by atoms with E-state index in [2.05, 4.69) is 15.6 Å². The van der Waals surface area contributed by atoms with Crippen LogP contribution in [0.2, 0.25) is 5.02 Å². The minimum absolute atomic E-state index is 0.0760. The monoisotopic (exact) mass is 573 g/mol. The second-order valence-electron chi connectivity index (χ2n) is 10.4. The van der Waals surface area contributed by atoms with Gasteiger partial charge in [0.2, 0.25) is 0 Å². The Morgan fingerprint density at radius 3 is 2.58 bits per heavy atom. The lowest BCUT2D eigenvalue weighted by Gasteiger charge is -2.22. The van der Waals surface area contributed by atoms with Crippen molar-refractivity contribution in [3.8, 4) is 5.75 Å². The summed E-state index contributed by atoms with van der Waals surface area (Å²) in [5.41, 5.74) is 0.758. The Kier molecular flexibility index (Phi) is 10.7. The highest BCUT2D eigenvalue weighted by molar-refractivity contribution is 6.30. The number of phenolic OH excluding ortho intramolecular Hbond substituents is 1. The lowest BCUT2D eigenvalue weighted by atomic mass is 9.87. The third-order valence-electron chi connectivity index (χ3n) is 6.38. The molecule has 0 spiro atoms. The minimum Gasteiger partial charge on any atom is -0.508 e. The zero-order chi connectivity index (χ0) is 29.4. The predicted molar refractivity (Wildman–Crippen MR) is 151 cm³/mol. The molecule has 0 aromatic heterocycles. The van der Waals surface area contributed by atoms with E-state index in [0.29, 0.717) is 40.5 Å².